The SMILES string of the molecule is COC1(C(=O)NCCc2ccc(OC(F)(F)F)cc2)CCNCC1. The standard InChI is InChI=1S/C16H21F3N2O3/c1-23-15(7-10-20-11-8-15)14(22)21-9-6-12-2-4-13(5-3-12)24-16(17,18)19/h2-5,20H,6-11H2,1H3,(H,21,22). The van der Waals surface area contributed by atoms with Crippen LogP contribution in [-0.4, -0.2) is 44.6 Å². The quantitative estimate of drug-likeness (QED) is 0.827. The van der Waals surface area contributed by atoms with Gasteiger partial charge in [0, 0.05) is 13.7 Å². The fourth-order valence-electron chi connectivity index (χ4n) is 2.69. The molecule has 1 aliphatic heterocycles. The molecule has 0 bridgehead atoms. The number of carbonyl (C=O) groups excluding carboxylic acids is 1. The molecule has 1 heterocycles. The van der Waals surface area contributed by atoms with E-state index in [0.717, 1.165) is 18.7 Å². The molecule has 8 heteroatoms. The van der Waals surface area contributed by atoms with E-state index in [2.05, 4.69) is 15.4 Å². The van der Waals surface area contributed by atoms with Gasteiger partial charge >= 0.3 is 6.36 Å². The Kier molecular flexibility index (Phi) is 6.06. The Morgan fingerprint density at radius 3 is 2.42 bits per heavy atom. The topological polar surface area (TPSA) is 59.6 Å². The number of hydrogen-bond donors (Lipinski definition) is 2. The van der Waals surface area contributed by atoms with E-state index in [4.69, 9.17) is 4.74 Å². The normalized spacial score (nSPS) is 17.3. The Balaban J connectivity index is 1.82. The second kappa shape index (κ2) is 7.85. The van der Waals surface area contributed by atoms with Crippen molar-refractivity contribution >= 4 is 5.91 Å². The molecule has 2 rings (SSSR count). The van der Waals surface area contributed by atoms with Crippen LogP contribution in [0.4, 0.5) is 13.2 Å². The molecule has 2 N–H and O–H groups in total. The van der Waals surface area contributed by atoms with Gasteiger partial charge in [0.25, 0.3) is 5.91 Å². The first-order valence-corrected chi connectivity index (χ1v) is 7.73. The van der Waals surface area contributed by atoms with Gasteiger partial charge in [-0.1, -0.05) is 12.1 Å². The summed E-state index contributed by atoms with van der Waals surface area (Å²) in [5.74, 6) is -0.410. The minimum Gasteiger partial charge on any atom is -0.406 e. The first-order chi connectivity index (χ1) is 11.3. The summed E-state index contributed by atoms with van der Waals surface area (Å²) in [6.45, 7) is 1.83. The molecule has 0 atom stereocenters. The maximum atomic E-state index is 12.3. The minimum atomic E-state index is -4.70. The molecule has 24 heavy (non-hydrogen) atoms. The summed E-state index contributed by atoms with van der Waals surface area (Å²) in [5, 5.41) is 6.02. The van der Waals surface area contributed by atoms with Crippen molar-refractivity contribution in [1.82, 2.24) is 10.6 Å². The predicted octanol–water partition coefficient (Wildman–Crippen LogP) is 2.01. The van der Waals surface area contributed by atoms with Crippen LogP contribution in [0.5, 0.6) is 5.75 Å². The second-order valence-corrected chi connectivity index (χ2v) is 5.65. The first-order valence-electron chi connectivity index (χ1n) is 7.73. The molecule has 0 saturated carbocycles. The molecule has 0 spiro atoms. The molecule has 1 aromatic carbocycles. The van der Waals surface area contributed by atoms with Gasteiger partial charge in [0.1, 0.15) is 11.4 Å². The molecule has 1 aromatic rings. The van der Waals surface area contributed by atoms with Gasteiger partial charge < -0.3 is 20.1 Å². The first kappa shape index (κ1) is 18.5. The second-order valence-electron chi connectivity index (χ2n) is 5.65. The molecule has 5 nitrogen and oxygen atoms in total. The zero-order chi connectivity index (χ0) is 17.6. The van der Waals surface area contributed by atoms with E-state index in [1.54, 1.807) is 12.1 Å². The van der Waals surface area contributed by atoms with Crippen LogP contribution in [0.1, 0.15) is 18.4 Å². The number of rotatable bonds is 6. The van der Waals surface area contributed by atoms with Crippen LogP contribution in [0, 0.1) is 0 Å². The lowest BCUT2D eigenvalue weighted by molar-refractivity contribution is -0.274. The van der Waals surface area contributed by atoms with Crippen LogP contribution in [0.2, 0.25) is 0 Å². The van der Waals surface area contributed by atoms with Gasteiger partial charge in [-0.3, -0.25) is 4.79 Å². The van der Waals surface area contributed by atoms with Crippen LogP contribution >= 0.6 is 0 Å². The van der Waals surface area contributed by atoms with Crippen molar-refractivity contribution in [1.29, 1.82) is 0 Å². The summed E-state index contributed by atoms with van der Waals surface area (Å²) < 4.78 is 45.5. The number of benzene rings is 1. The number of methoxy groups -OCH3 is 1. The van der Waals surface area contributed by atoms with E-state index < -0.39 is 12.0 Å². The number of piperidine rings is 1. The lowest BCUT2D eigenvalue weighted by Gasteiger charge is -2.34. The summed E-state index contributed by atoms with van der Waals surface area (Å²) in [5.41, 5.74) is 0.0111. The Bertz CT molecular complexity index is 540. The Morgan fingerprint density at radius 1 is 1.25 bits per heavy atom. The lowest BCUT2D eigenvalue weighted by Crippen LogP contribution is -2.54. The fraction of sp³-hybridized carbons (Fsp3) is 0.562. The fourth-order valence-corrected chi connectivity index (χ4v) is 2.69. The van der Waals surface area contributed by atoms with Crippen molar-refractivity contribution < 1.29 is 27.4 Å². The number of halogens is 3. The zero-order valence-electron chi connectivity index (χ0n) is 13.4. The number of hydrogen-bond acceptors (Lipinski definition) is 4. The third-order valence-electron chi connectivity index (χ3n) is 4.07. The molecule has 1 amide bonds. The predicted molar refractivity (Wildman–Crippen MR) is 81.7 cm³/mol. The molecule has 1 fully saturated rings. The molecule has 0 aromatic heterocycles. The van der Waals surface area contributed by atoms with Crippen LogP contribution in [0.25, 0.3) is 0 Å². The van der Waals surface area contributed by atoms with Crippen LogP contribution in [-0.2, 0) is 16.0 Å². The van der Waals surface area contributed by atoms with E-state index >= 15 is 0 Å². The van der Waals surface area contributed by atoms with Crippen molar-refractivity contribution in [3.63, 3.8) is 0 Å². The molecular weight excluding hydrogens is 325 g/mol. The smallest absolute Gasteiger partial charge is 0.406 e. The summed E-state index contributed by atoms with van der Waals surface area (Å²) >= 11 is 0. The van der Waals surface area contributed by atoms with Gasteiger partial charge in [-0.25, -0.2) is 0 Å². The van der Waals surface area contributed by atoms with E-state index in [1.807, 2.05) is 0 Å². The van der Waals surface area contributed by atoms with Crippen molar-refractivity contribution in [2.45, 2.75) is 31.2 Å². The number of ether oxygens (including phenoxy) is 2. The average molecular weight is 346 g/mol. The third-order valence-corrected chi connectivity index (χ3v) is 4.07. The largest absolute Gasteiger partial charge is 0.573 e. The molecule has 1 aliphatic rings. The molecule has 0 radical (unpaired) electrons. The van der Waals surface area contributed by atoms with Gasteiger partial charge in [0.2, 0.25) is 0 Å². The highest BCUT2D eigenvalue weighted by Crippen LogP contribution is 2.24. The van der Waals surface area contributed by atoms with Gasteiger partial charge in [-0.15, -0.1) is 13.2 Å². The van der Waals surface area contributed by atoms with Gasteiger partial charge in [-0.05, 0) is 50.0 Å². The summed E-state index contributed by atoms with van der Waals surface area (Å²) in [7, 11) is 1.53. The van der Waals surface area contributed by atoms with E-state index in [9.17, 15) is 18.0 Å². The number of alkyl halides is 3. The molecule has 134 valence electrons. The summed E-state index contributed by atoms with van der Waals surface area (Å²) in [4.78, 5) is 12.3. The van der Waals surface area contributed by atoms with Crippen molar-refractivity contribution in [3.05, 3.63) is 29.8 Å². The Hall–Kier alpha value is -1.80. The molecule has 0 aliphatic carbocycles. The Labute approximate surface area is 138 Å². The van der Waals surface area contributed by atoms with E-state index in [1.165, 1.54) is 19.2 Å². The van der Waals surface area contributed by atoms with Gasteiger partial charge in [-0.2, -0.15) is 0 Å². The van der Waals surface area contributed by atoms with E-state index in [0.29, 0.717) is 25.8 Å². The number of nitrogens with one attached hydrogen (secondary N) is 2. The molecule has 1 saturated heterocycles. The van der Waals surface area contributed by atoms with Crippen LogP contribution in [0.15, 0.2) is 24.3 Å². The Morgan fingerprint density at radius 2 is 1.88 bits per heavy atom. The highest BCUT2D eigenvalue weighted by atomic mass is 19.4. The highest BCUT2D eigenvalue weighted by molar-refractivity contribution is 5.85. The van der Waals surface area contributed by atoms with Crippen molar-refractivity contribution in [2.75, 3.05) is 26.7 Å². The number of amides is 1. The molecule has 0 unspecified atom stereocenters. The van der Waals surface area contributed by atoms with Gasteiger partial charge in [0.05, 0.1) is 0 Å². The zero-order valence-corrected chi connectivity index (χ0v) is 13.4. The minimum absolute atomic E-state index is 0.150. The third kappa shape index (κ3) is 5.10. The number of carbonyl (C=O) groups is 1. The highest BCUT2D eigenvalue weighted by Gasteiger charge is 2.39. The summed E-state index contributed by atoms with van der Waals surface area (Å²) in [6, 6.07) is 5.61. The van der Waals surface area contributed by atoms with Gasteiger partial charge in [0.15, 0.2) is 0 Å². The molecular formula is C16H21F3N2O3. The maximum absolute atomic E-state index is 12.3. The van der Waals surface area contributed by atoms with Crippen molar-refractivity contribution in [2.24, 2.45) is 0 Å². The van der Waals surface area contributed by atoms with Crippen LogP contribution in [0.3, 0.4) is 0 Å². The van der Waals surface area contributed by atoms with E-state index in [-0.39, 0.29) is 11.7 Å². The van der Waals surface area contributed by atoms with Crippen molar-refractivity contribution in [3.8, 4) is 5.75 Å². The monoisotopic (exact) mass is 346 g/mol. The maximum Gasteiger partial charge on any atom is 0.573 e. The lowest BCUT2D eigenvalue weighted by atomic mass is 9.91. The van der Waals surface area contributed by atoms with Crippen LogP contribution < -0.4 is 15.4 Å². The average Bonchev–Trinajstić information content (AvgIpc) is 2.55. The summed E-state index contributed by atoms with van der Waals surface area (Å²) in [6.07, 6.45) is -2.97.